The smallest absolute Gasteiger partial charge is 0.143 e. The normalized spacial score (nSPS) is 14.9. The minimum atomic E-state index is 0.297. The van der Waals surface area contributed by atoms with Crippen molar-refractivity contribution in [2.24, 2.45) is 11.7 Å². The lowest BCUT2D eigenvalue weighted by Crippen LogP contribution is -2.29. The quantitative estimate of drug-likeness (QED) is 0.862. The van der Waals surface area contributed by atoms with Gasteiger partial charge in [-0.3, -0.25) is 0 Å². The predicted molar refractivity (Wildman–Crippen MR) is 61.0 cm³/mol. The van der Waals surface area contributed by atoms with Crippen molar-refractivity contribution >= 4 is 21.7 Å². The molecule has 0 amide bonds. The molecule has 0 radical (unpaired) electrons. The standard InChI is InChI=1S/C9H15BrN4/c1-6(3-11)7(2)14-9-8(10)4-12-5-13-9/h4-7H,3,11H2,1-2H3,(H,12,13,14). The van der Waals surface area contributed by atoms with Crippen LogP contribution in [0.3, 0.4) is 0 Å². The summed E-state index contributed by atoms with van der Waals surface area (Å²) in [4.78, 5) is 8.02. The molecular weight excluding hydrogens is 244 g/mol. The molecule has 0 spiro atoms. The van der Waals surface area contributed by atoms with Gasteiger partial charge in [0, 0.05) is 12.2 Å². The van der Waals surface area contributed by atoms with Gasteiger partial charge in [0.2, 0.25) is 0 Å². The van der Waals surface area contributed by atoms with E-state index in [1.54, 1.807) is 6.20 Å². The van der Waals surface area contributed by atoms with Crippen molar-refractivity contribution in [1.29, 1.82) is 0 Å². The Labute approximate surface area is 92.5 Å². The van der Waals surface area contributed by atoms with E-state index >= 15 is 0 Å². The molecule has 1 aromatic rings. The molecule has 3 N–H and O–H groups in total. The van der Waals surface area contributed by atoms with Crippen LogP contribution in [-0.2, 0) is 0 Å². The van der Waals surface area contributed by atoms with E-state index in [4.69, 9.17) is 5.73 Å². The second kappa shape index (κ2) is 5.26. The lowest BCUT2D eigenvalue weighted by atomic mass is 10.0. The second-order valence-corrected chi connectivity index (χ2v) is 4.22. The van der Waals surface area contributed by atoms with Crippen LogP contribution in [0.5, 0.6) is 0 Å². The van der Waals surface area contributed by atoms with Crippen LogP contribution in [0, 0.1) is 5.92 Å². The van der Waals surface area contributed by atoms with Gasteiger partial charge in [-0.2, -0.15) is 0 Å². The Hall–Kier alpha value is -0.680. The SMILES string of the molecule is CC(CN)C(C)Nc1ncncc1Br. The highest BCUT2D eigenvalue weighted by molar-refractivity contribution is 9.10. The topological polar surface area (TPSA) is 63.8 Å². The van der Waals surface area contributed by atoms with E-state index in [-0.39, 0.29) is 0 Å². The molecule has 0 aliphatic rings. The Morgan fingerprint density at radius 3 is 2.86 bits per heavy atom. The lowest BCUT2D eigenvalue weighted by Gasteiger charge is -2.20. The van der Waals surface area contributed by atoms with Crippen LogP contribution in [0.25, 0.3) is 0 Å². The summed E-state index contributed by atoms with van der Waals surface area (Å²) in [6.07, 6.45) is 3.24. The first-order chi connectivity index (χ1) is 6.65. The van der Waals surface area contributed by atoms with Crippen molar-refractivity contribution in [2.75, 3.05) is 11.9 Å². The third-order valence-corrected chi connectivity index (χ3v) is 2.84. The Morgan fingerprint density at radius 1 is 1.57 bits per heavy atom. The summed E-state index contributed by atoms with van der Waals surface area (Å²) in [6, 6.07) is 0.297. The number of nitrogens with two attached hydrogens (primary N) is 1. The average molecular weight is 259 g/mol. The molecule has 0 aliphatic carbocycles. The van der Waals surface area contributed by atoms with Crippen molar-refractivity contribution in [3.8, 4) is 0 Å². The molecule has 1 rings (SSSR count). The highest BCUT2D eigenvalue weighted by atomic mass is 79.9. The molecule has 2 atom stereocenters. The van der Waals surface area contributed by atoms with Gasteiger partial charge in [0.25, 0.3) is 0 Å². The fourth-order valence-electron chi connectivity index (χ4n) is 0.981. The van der Waals surface area contributed by atoms with Crippen molar-refractivity contribution < 1.29 is 0 Å². The number of halogens is 1. The average Bonchev–Trinajstić information content (AvgIpc) is 2.20. The minimum absolute atomic E-state index is 0.297. The largest absolute Gasteiger partial charge is 0.366 e. The molecule has 0 bridgehead atoms. The van der Waals surface area contributed by atoms with E-state index in [1.165, 1.54) is 6.33 Å². The first kappa shape index (κ1) is 11.4. The molecule has 78 valence electrons. The summed E-state index contributed by atoms with van der Waals surface area (Å²) < 4.78 is 0.871. The van der Waals surface area contributed by atoms with Crippen molar-refractivity contribution in [3.63, 3.8) is 0 Å². The van der Waals surface area contributed by atoms with Gasteiger partial charge in [-0.05, 0) is 35.3 Å². The third-order valence-electron chi connectivity index (χ3n) is 2.26. The summed E-state index contributed by atoms with van der Waals surface area (Å²) in [5, 5.41) is 3.28. The van der Waals surface area contributed by atoms with E-state index in [0.717, 1.165) is 10.3 Å². The first-order valence-electron chi connectivity index (χ1n) is 4.57. The monoisotopic (exact) mass is 258 g/mol. The van der Waals surface area contributed by atoms with Crippen LogP contribution in [0.4, 0.5) is 5.82 Å². The highest BCUT2D eigenvalue weighted by Crippen LogP contribution is 2.19. The summed E-state index contributed by atoms with van der Waals surface area (Å²) in [7, 11) is 0. The van der Waals surface area contributed by atoms with Gasteiger partial charge in [-0.1, -0.05) is 6.92 Å². The number of hydrogen-bond donors (Lipinski definition) is 2. The number of anilines is 1. The third kappa shape index (κ3) is 2.92. The van der Waals surface area contributed by atoms with Crippen molar-refractivity contribution in [3.05, 3.63) is 17.0 Å². The Balaban J connectivity index is 2.64. The maximum absolute atomic E-state index is 5.58. The molecule has 1 aromatic heterocycles. The maximum atomic E-state index is 5.58. The van der Waals surface area contributed by atoms with Crippen LogP contribution >= 0.6 is 15.9 Å². The number of rotatable bonds is 4. The highest BCUT2D eigenvalue weighted by Gasteiger charge is 2.11. The van der Waals surface area contributed by atoms with E-state index in [9.17, 15) is 0 Å². The molecule has 1 heterocycles. The van der Waals surface area contributed by atoms with Crippen molar-refractivity contribution in [2.45, 2.75) is 19.9 Å². The van der Waals surface area contributed by atoms with E-state index < -0.39 is 0 Å². The summed E-state index contributed by atoms with van der Waals surface area (Å²) in [5.74, 6) is 1.23. The summed E-state index contributed by atoms with van der Waals surface area (Å²) >= 11 is 3.38. The Kier molecular flexibility index (Phi) is 4.28. The molecule has 14 heavy (non-hydrogen) atoms. The minimum Gasteiger partial charge on any atom is -0.366 e. The molecule has 0 aromatic carbocycles. The van der Waals surface area contributed by atoms with E-state index in [1.807, 2.05) is 0 Å². The van der Waals surface area contributed by atoms with Crippen LogP contribution in [-0.4, -0.2) is 22.6 Å². The van der Waals surface area contributed by atoms with Crippen LogP contribution in [0.15, 0.2) is 17.0 Å². The molecule has 0 fully saturated rings. The maximum Gasteiger partial charge on any atom is 0.143 e. The second-order valence-electron chi connectivity index (χ2n) is 3.37. The summed E-state index contributed by atoms with van der Waals surface area (Å²) in [5.41, 5.74) is 5.58. The van der Waals surface area contributed by atoms with E-state index in [0.29, 0.717) is 18.5 Å². The fraction of sp³-hybridized carbons (Fsp3) is 0.556. The number of nitrogens with zero attached hydrogens (tertiary/aromatic N) is 2. The zero-order valence-corrected chi connectivity index (χ0v) is 9.95. The van der Waals surface area contributed by atoms with E-state index in [2.05, 4.69) is 45.1 Å². The zero-order chi connectivity index (χ0) is 10.6. The Bertz CT molecular complexity index is 292. The molecule has 0 aliphatic heterocycles. The van der Waals surface area contributed by atoms with Gasteiger partial charge in [0.05, 0.1) is 4.47 Å². The van der Waals surface area contributed by atoms with Crippen LogP contribution in [0.1, 0.15) is 13.8 Å². The van der Waals surface area contributed by atoms with Gasteiger partial charge < -0.3 is 11.1 Å². The number of aromatic nitrogens is 2. The van der Waals surface area contributed by atoms with Gasteiger partial charge >= 0.3 is 0 Å². The first-order valence-corrected chi connectivity index (χ1v) is 5.36. The molecule has 5 heteroatoms. The van der Waals surface area contributed by atoms with Gasteiger partial charge in [-0.25, -0.2) is 9.97 Å². The lowest BCUT2D eigenvalue weighted by molar-refractivity contribution is 0.520. The molecule has 2 unspecified atom stereocenters. The number of hydrogen-bond acceptors (Lipinski definition) is 4. The molecular formula is C9H15BrN4. The Morgan fingerprint density at radius 2 is 2.29 bits per heavy atom. The van der Waals surface area contributed by atoms with Crippen LogP contribution < -0.4 is 11.1 Å². The summed E-state index contributed by atoms with van der Waals surface area (Å²) in [6.45, 7) is 4.86. The zero-order valence-electron chi connectivity index (χ0n) is 8.37. The van der Waals surface area contributed by atoms with Gasteiger partial charge in [0.15, 0.2) is 0 Å². The number of nitrogens with one attached hydrogen (secondary N) is 1. The fourth-order valence-corrected chi connectivity index (χ4v) is 1.32. The van der Waals surface area contributed by atoms with Gasteiger partial charge in [0.1, 0.15) is 12.1 Å². The predicted octanol–water partition coefficient (Wildman–Crippen LogP) is 1.63. The van der Waals surface area contributed by atoms with Crippen LogP contribution in [0.2, 0.25) is 0 Å². The van der Waals surface area contributed by atoms with Crippen molar-refractivity contribution in [1.82, 2.24) is 9.97 Å². The molecule has 0 saturated carbocycles. The molecule has 4 nitrogen and oxygen atoms in total. The van der Waals surface area contributed by atoms with Gasteiger partial charge in [-0.15, -0.1) is 0 Å². The molecule has 0 saturated heterocycles.